The van der Waals surface area contributed by atoms with Gasteiger partial charge in [0, 0.05) is 19.1 Å². The summed E-state index contributed by atoms with van der Waals surface area (Å²) in [5.41, 5.74) is 2.83. The molecule has 2 heterocycles. The Kier molecular flexibility index (Phi) is 3.64. The van der Waals surface area contributed by atoms with E-state index in [2.05, 4.69) is 41.5 Å². The maximum absolute atomic E-state index is 5.91. The van der Waals surface area contributed by atoms with E-state index in [4.69, 9.17) is 4.74 Å². The van der Waals surface area contributed by atoms with Gasteiger partial charge in [-0.15, -0.1) is 0 Å². The van der Waals surface area contributed by atoms with Gasteiger partial charge in [-0.1, -0.05) is 24.3 Å². The van der Waals surface area contributed by atoms with Gasteiger partial charge in [-0.25, -0.2) is 0 Å². The van der Waals surface area contributed by atoms with E-state index in [9.17, 15) is 0 Å². The topological polar surface area (TPSA) is 24.5 Å². The Hall–Kier alpha value is -0.900. The molecule has 1 fully saturated rings. The Morgan fingerprint density at radius 3 is 3.11 bits per heavy atom. The fourth-order valence-corrected chi connectivity index (χ4v) is 3.02. The van der Waals surface area contributed by atoms with E-state index in [1.54, 1.807) is 0 Å². The maximum atomic E-state index is 5.91. The molecule has 3 nitrogen and oxygen atoms in total. The van der Waals surface area contributed by atoms with Crippen molar-refractivity contribution in [2.75, 3.05) is 33.3 Å². The maximum Gasteiger partial charge on any atom is 0.0952 e. The molecule has 18 heavy (non-hydrogen) atoms. The van der Waals surface area contributed by atoms with Gasteiger partial charge in [-0.05, 0) is 37.6 Å². The molecule has 3 rings (SSSR count). The van der Waals surface area contributed by atoms with Crippen LogP contribution in [0.15, 0.2) is 24.3 Å². The van der Waals surface area contributed by atoms with E-state index >= 15 is 0 Å². The predicted molar refractivity (Wildman–Crippen MR) is 72.7 cm³/mol. The highest BCUT2D eigenvalue weighted by Crippen LogP contribution is 2.26. The summed E-state index contributed by atoms with van der Waals surface area (Å²) in [6.07, 6.45) is 2.55. The molecule has 2 aliphatic heterocycles. The zero-order valence-electron chi connectivity index (χ0n) is 11.1. The fraction of sp³-hybridized carbons (Fsp3) is 0.600. The number of nitrogens with one attached hydrogen (secondary N) is 1. The number of likely N-dealkylation sites (N-methyl/N-ethyl adjacent to an activating group) is 1. The number of fused-ring (bicyclic) bond motifs is 1. The molecule has 0 radical (unpaired) electrons. The summed E-state index contributed by atoms with van der Waals surface area (Å²) in [6, 6.07) is 9.31. The molecule has 0 bridgehead atoms. The van der Waals surface area contributed by atoms with Crippen molar-refractivity contribution in [1.82, 2.24) is 10.2 Å². The number of hydrogen-bond acceptors (Lipinski definition) is 3. The molecule has 2 aliphatic rings. The third-order valence-corrected chi connectivity index (χ3v) is 4.08. The monoisotopic (exact) mass is 246 g/mol. The molecule has 0 aromatic heterocycles. The Balaban J connectivity index is 1.60. The molecule has 2 atom stereocenters. The minimum Gasteiger partial charge on any atom is -0.372 e. The zero-order chi connectivity index (χ0) is 12.4. The second kappa shape index (κ2) is 5.39. The lowest BCUT2D eigenvalue weighted by Crippen LogP contribution is -2.36. The first-order valence-corrected chi connectivity index (χ1v) is 6.94. The van der Waals surface area contributed by atoms with Crippen LogP contribution in [0.2, 0.25) is 0 Å². The average Bonchev–Trinajstić information content (AvgIpc) is 2.82. The van der Waals surface area contributed by atoms with Crippen molar-refractivity contribution in [2.24, 2.45) is 0 Å². The van der Waals surface area contributed by atoms with Crippen LogP contribution >= 0.6 is 0 Å². The van der Waals surface area contributed by atoms with Gasteiger partial charge in [0.05, 0.1) is 12.7 Å². The molecule has 98 valence electrons. The lowest BCUT2D eigenvalue weighted by molar-refractivity contribution is 0.0408. The second-order valence-electron chi connectivity index (χ2n) is 5.46. The van der Waals surface area contributed by atoms with Crippen molar-refractivity contribution < 1.29 is 4.74 Å². The van der Waals surface area contributed by atoms with Crippen LogP contribution in [-0.4, -0.2) is 44.2 Å². The normalized spacial score (nSPS) is 28.3. The number of likely N-dealkylation sites (tertiary alicyclic amines) is 1. The molecule has 0 spiro atoms. The van der Waals surface area contributed by atoms with Gasteiger partial charge >= 0.3 is 0 Å². The molecule has 1 aromatic rings. The van der Waals surface area contributed by atoms with E-state index in [1.807, 2.05) is 0 Å². The summed E-state index contributed by atoms with van der Waals surface area (Å²) in [5.74, 6) is 0. The van der Waals surface area contributed by atoms with Crippen molar-refractivity contribution in [3.63, 3.8) is 0 Å². The van der Waals surface area contributed by atoms with E-state index in [0.29, 0.717) is 6.04 Å². The van der Waals surface area contributed by atoms with E-state index in [1.165, 1.54) is 24.1 Å². The first-order valence-electron chi connectivity index (χ1n) is 6.94. The molecule has 1 saturated heterocycles. The number of ether oxygens (including phenoxy) is 1. The summed E-state index contributed by atoms with van der Waals surface area (Å²) in [4.78, 5) is 2.38. The molecule has 3 heteroatoms. The quantitative estimate of drug-likeness (QED) is 0.876. The van der Waals surface area contributed by atoms with E-state index in [0.717, 1.165) is 26.1 Å². The summed E-state index contributed by atoms with van der Waals surface area (Å²) < 4.78 is 5.91. The first kappa shape index (κ1) is 12.2. The lowest BCUT2D eigenvalue weighted by atomic mass is 9.97. The van der Waals surface area contributed by atoms with Crippen molar-refractivity contribution >= 4 is 0 Å². The largest absolute Gasteiger partial charge is 0.372 e. The minimum atomic E-state index is 0.237. The van der Waals surface area contributed by atoms with Crippen molar-refractivity contribution in [3.05, 3.63) is 35.4 Å². The molecule has 0 amide bonds. The van der Waals surface area contributed by atoms with E-state index in [-0.39, 0.29) is 6.10 Å². The summed E-state index contributed by atoms with van der Waals surface area (Å²) >= 11 is 0. The first-order chi connectivity index (χ1) is 8.83. The van der Waals surface area contributed by atoms with Crippen LogP contribution in [0, 0.1) is 0 Å². The summed E-state index contributed by atoms with van der Waals surface area (Å²) in [5, 5.41) is 3.66. The molecule has 1 aromatic carbocycles. The predicted octanol–water partition coefficient (Wildman–Crippen LogP) is 1.59. The third kappa shape index (κ3) is 2.58. The van der Waals surface area contributed by atoms with Crippen LogP contribution in [-0.2, 0) is 11.2 Å². The molecular formula is C15H22N2O. The van der Waals surface area contributed by atoms with Gasteiger partial charge in [0.15, 0.2) is 0 Å². The highest BCUT2D eigenvalue weighted by Gasteiger charge is 2.23. The van der Waals surface area contributed by atoms with Crippen LogP contribution in [0.25, 0.3) is 0 Å². The average molecular weight is 246 g/mol. The van der Waals surface area contributed by atoms with Gasteiger partial charge in [0.1, 0.15) is 0 Å². The standard InChI is InChI=1S/C15H22N2O/c1-17-8-6-13(11-17)16-10-15-14-5-3-2-4-12(14)7-9-18-15/h2-5,13,15-16H,6-11H2,1H3. The Morgan fingerprint density at radius 1 is 1.39 bits per heavy atom. The molecule has 1 N–H and O–H groups in total. The van der Waals surface area contributed by atoms with Crippen molar-refractivity contribution in [3.8, 4) is 0 Å². The smallest absolute Gasteiger partial charge is 0.0952 e. The number of rotatable bonds is 3. The third-order valence-electron chi connectivity index (χ3n) is 4.08. The van der Waals surface area contributed by atoms with Crippen LogP contribution in [0.3, 0.4) is 0 Å². The number of hydrogen-bond donors (Lipinski definition) is 1. The Morgan fingerprint density at radius 2 is 2.28 bits per heavy atom. The van der Waals surface area contributed by atoms with Gasteiger partial charge in [-0.3, -0.25) is 0 Å². The summed E-state index contributed by atoms with van der Waals surface area (Å²) in [7, 11) is 2.19. The highest BCUT2D eigenvalue weighted by molar-refractivity contribution is 5.31. The van der Waals surface area contributed by atoms with Crippen LogP contribution in [0.5, 0.6) is 0 Å². The van der Waals surface area contributed by atoms with Crippen molar-refractivity contribution in [1.29, 1.82) is 0 Å². The Labute approximate surface area is 109 Å². The minimum absolute atomic E-state index is 0.237. The van der Waals surface area contributed by atoms with E-state index < -0.39 is 0 Å². The zero-order valence-corrected chi connectivity index (χ0v) is 11.1. The van der Waals surface area contributed by atoms with Gasteiger partial charge in [-0.2, -0.15) is 0 Å². The molecule has 2 unspecified atom stereocenters. The molecule has 0 saturated carbocycles. The highest BCUT2D eigenvalue weighted by atomic mass is 16.5. The number of benzene rings is 1. The van der Waals surface area contributed by atoms with Gasteiger partial charge in [0.25, 0.3) is 0 Å². The lowest BCUT2D eigenvalue weighted by Gasteiger charge is -2.27. The SMILES string of the molecule is CN1CCC(NCC2OCCc3ccccc32)C1. The van der Waals surface area contributed by atoms with Crippen LogP contribution in [0.1, 0.15) is 23.7 Å². The van der Waals surface area contributed by atoms with Gasteiger partial charge < -0.3 is 15.0 Å². The molecular weight excluding hydrogens is 224 g/mol. The second-order valence-corrected chi connectivity index (χ2v) is 5.46. The Bertz CT molecular complexity index is 407. The number of nitrogens with zero attached hydrogens (tertiary/aromatic N) is 1. The van der Waals surface area contributed by atoms with Gasteiger partial charge in [0.2, 0.25) is 0 Å². The fourth-order valence-electron chi connectivity index (χ4n) is 3.02. The van der Waals surface area contributed by atoms with Crippen LogP contribution in [0.4, 0.5) is 0 Å². The van der Waals surface area contributed by atoms with Crippen LogP contribution < -0.4 is 5.32 Å². The summed E-state index contributed by atoms with van der Waals surface area (Å²) in [6.45, 7) is 4.16. The molecule has 0 aliphatic carbocycles. The van der Waals surface area contributed by atoms with Crippen molar-refractivity contribution in [2.45, 2.75) is 25.0 Å².